The monoisotopic (exact) mass is 701 g/mol. The zero-order chi connectivity index (χ0) is 37.2. The molecule has 0 spiro atoms. The number of esters is 1. The van der Waals surface area contributed by atoms with Gasteiger partial charge in [0.25, 0.3) is 5.71 Å². The number of methoxy groups -OCH3 is 1. The molecule has 0 saturated carbocycles. The maximum atomic E-state index is 11.3. The molecule has 0 radical (unpaired) electrons. The van der Waals surface area contributed by atoms with E-state index in [1.54, 1.807) is 4.90 Å². The van der Waals surface area contributed by atoms with Gasteiger partial charge >= 0.3 is 5.97 Å². The number of benzene rings is 2. The van der Waals surface area contributed by atoms with Crippen molar-refractivity contribution in [3.63, 3.8) is 0 Å². The lowest BCUT2D eigenvalue weighted by atomic mass is 9.85. The van der Waals surface area contributed by atoms with Crippen LogP contribution in [0.4, 0.5) is 11.4 Å². The fourth-order valence-corrected chi connectivity index (χ4v) is 6.26. The second-order valence-electron chi connectivity index (χ2n) is 12.5. The number of aliphatic hydroxyl groups excluding tert-OH is 4. The minimum atomic E-state index is -1.04. The highest BCUT2D eigenvalue weighted by atomic mass is 16.5. The van der Waals surface area contributed by atoms with Gasteiger partial charge in [-0.05, 0) is 37.1 Å². The molecule has 16 heteroatoms. The number of anilines is 2. The molecular weight excluding hydrogens is 656 g/mol. The molecule has 16 nitrogen and oxygen atoms in total. The molecule has 1 aliphatic heterocycles. The third-order valence-corrected chi connectivity index (χ3v) is 8.77. The van der Waals surface area contributed by atoms with Gasteiger partial charge in [0, 0.05) is 52.3 Å². The first kappa shape index (κ1) is 37.2. The molecule has 1 aliphatic carbocycles. The Labute approximate surface area is 288 Å². The Kier molecular flexibility index (Phi) is 11.1. The average molecular weight is 702 g/mol. The predicted molar refractivity (Wildman–Crippen MR) is 184 cm³/mol. The summed E-state index contributed by atoms with van der Waals surface area (Å²) in [4.78, 5) is 16.5. The number of ether oxygens (including phenoxy) is 1. The van der Waals surface area contributed by atoms with E-state index in [0.29, 0.717) is 32.6 Å². The summed E-state index contributed by atoms with van der Waals surface area (Å²) in [5, 5.41) is 111. The van der Waals surface area contributed by atoms with Crippen LogP contribution < -0.4 is 9.80 Å². The van der Waals surface area contributed by atoms with Crippen molar-refractivity contribution >= 4 is 28.6 Å². The molecule has 0 bridgehead atoms. The highest BCUT2D eigenvalue weighted by Gasteiger charge is 2.40. The van der Waals surface area contributed by atoms with Crippen LogP contribution in [0.1, 0.15) is 36.8 Å². The van der Waals surface area contributed by atoms with E-state index >= 15 is 0 Å². The lowest BCUT2D eigenvalue weighted by molar-refractivity contribution is -0.465. The smallest absolute Gasteiger partial charge is 0.305 e. The van der Waals surface area contributed by atoms with Gasteiger partial charge in [0.15, 0.2) is 34.5 Å². The first-order chi connectivity index (χ1) is 23.5. The molecule has 4 rings (SSSR count). The SMILES string of the molecule is COC(=O)CCCCCN1CCN(c2c(O)cc(C(=C3C(O)=C(O)C(=[N+](C)C)C(O)=C3O)c3c(O)c(O)c(N(C)C)c(O)c3O)cc2O)CC1. The van der Waals surface area contributed by atoms with E-state index in [4.69, 9.17) is 0 Å². The number of hydrogen-bond acceptors (Lipinski definition) is 15. The fraction of sp³-hybridized carbons (Fsp3) is 0.412. The highest BCUT2D eigenvalue weighted by Crippen LogP contribution is 2.56. The van der Waals surface area contributed by atoms with Crippen molar-refractivity contribution in [2.75, 3.05) is 77.8 Å². The van der Waals surface area contributed by atoms with Crippen LogP contribution in [-0.4, -0.2) is 140 Å². The molecule has 0 aromatic heterocycles. The fourth-order valence-electron chi connectivity index (χ4n) is 6.26. The number of phenolic OH excluding ortho intramolecular Hbond substituents is 6. The third kappa shape index (κ3) is 6.92. The Bertz CT molecular complexity index is 1720. The molecule has 2 aromatic rings. The highest BCUT2D eigenvalue weighted by molar-refractivity contribution is 6.10. The number of unbranched alkanes of at least 4 members (excludes halogenated alkanes) is 2. The van der Waals surface area contributed by atoms with Crippen LogP contribution in [0.25, 0.3) is 5.57 Å². The van der Waals surface area contributed by atoms with Gasteiger partial charge in [-0.25, -0.2) is 4.58 Å². The second-order valence-corrected chi connectivity index (χ2v) is 12.5. The zero-order valence-corrected chi connectivity index (χ0v) is 28.6. The van der Waals surface area contributed by atoms with E-state index in [1.165, 1.54) is 44.8 Å². The molecule has 50 heavy (non-hydrogen) atoms. The van der Waals surface area contributed by atoms with Gasteiger partial charge in [-0.15, -0.1) is 0 Å². The van der Waals surface area contributed by atoms with Crippen LogP contribution in [-0.2, 0) is 9.53 Å². The number of aromatic hydroxyl groups is 6. The molecule has 0 atom stereocenters. The van der Waals surface area contributed by atoms with Crippen LogP contribution in [0.3, 0.4) is 0 Å². The minimum Gasteiger partial charge on any atom is -0.506 e. The maximum Gasteiger partial charge on any atom is 0.305 e. The number of carbonyl (C=O) groups is 1. The van der Waals surface area contributed by atoms with Crippen molar-refractivity contribution in [3.8, 4) is 34.5 Å². The van der Waals surface area contributed by atoms with Crippen LogP contribution in [0.15, 0.2) is 40.7 Å². The lowest BCUT2D eigenvalue weighted by Crippen LogP contribution is -2.46. The normalized spacial score (nSPS) is 15.5. The molecule has 0 amide bonds. The summed E-state index contributed by atoms with van der Waals surface area (Å²) in [6, 6.07) is 2.19. The van der Waals surface area contributed by atoms with Crippen molar-refractivity contribution in [1.82, 2.24) is 4.90 Å². The molecule has 10 N–H and O–H groups in total. The lowest BCUT2D eigenvalue weighted by Gasteiger charge is -2.36. The first-order valence-corrected chi connectivity index (χ1v) is 15.9. The summed E-state index contributed by atoms with van der Waals surface area (Å²) in [5.74, 6) is -9.04. The number of hydrogen-bond donors (Lipinski definition) is 10. The summed E-state index contributed by atoms with van der Waals surface area (Å²) in [7, 11) is 7.00. The molecule has 1 heterocycles. The molecular formula is C34H45N4O12+. The Morgan fingerprint density at radius 2 is 1.28 bits per heavy atom. The first-order valence-electron chi connectivity index (χ1n) is 15.9. The second kappa shape index (κ2) is 14.9. The van der Waals surface area contributed by atoms with Gasteiger partial charge in [0.2, 0.25) is 11.5 Å². The van der Waals surface area contributed by atoms with Crippen molar-refractivity contribution in [1.29, 1.82) is 0 Å². The molecule has 0 unspecified atom stereocenters. The quantitative estimate of drug-likeness (QED) is 0.0563. The summed E-state index contributed by atoms with van der Waals surface area (Å²) in [5.41, 5.74) is -3.15. The Morgan fingerprint density at radius 1 is 0.760 bits per heavy atom. The van der Waals surface area contributed by atoms with Gasteiger partial charge in [0.05, 0.1) is 18.2 Å². The predicted octanol–water partition coefficient (Wildman–Crippen LogP) is 3.03. The van der Waals surface area contributed by atoms with E-state index in [-0.39, 0.29) is 28.6 Å². The van der Waals surface area contributed by atoms with E-state index < -0.39 is 74.2 Å². The number of piperazine rings is 1. The van der Waals surface area contributed by atoms with Crippen LogP contribution in [0.2, 0.25) is 0 Å². The average Bonchev–Trinajstić information content (AvgIpc) is 3.05. The van der Waals surface area contributed by atoms with E-state index in [0.717, 1.165) is 37.9 Å². The minimum absolute atomic E-state index is 0.0509. The van der Waals surface area contributed by atoms with Gasteiger partial charge in [-0.3, -0.25) is 9.69 Å². The molecule has 272 valence electrons. The van der Waals surface area contributed by atoms with Crippen LogP contribution in [0, 0.1) is 0 Å². The van der Waals surface area contributed by atoms with Crippen molar-refractivity contribution in [2.24, 2.45) is 0 Å². The summed E-state index contributed by atoms with van der Waals surface area (Å²) in [6.07, 6.45) is 2.82. The molecule has 2 aromatic carbocycles. The van der Waals surface area contributed by atoms with Crippen molar-refractivity contribution in [2.45, 2.75) is 25.7 Å². The standard InChI is InChI=1S/C34H44N4O12/c1-35(2)25-31(46)27(42)22(28(43)32(25)47)21(23-29(44)33(48)26(36(3)4)34(49)30(23)45)17-15-18(39)24(19(40)16-17)38-13-11-37(12-14-38)10-8-6-7-9-20(41)50-5/h15-16H,6-14H2,1-5H3,(H9,39,40,42,43,44,45,46,47,48,49)/p+1. The van der Waals surface area contributed by atoms with E-state index in [9.17, 15) is 55.9 Å². The van der Waals surface area contributed by atoms with E-state index in [1.807, 2.05) is 0 Å². The third-order valence-electron chi connectivity index (χ3n) is 8.77. The summed E-state index contributed by atoms with van der Waals surface area (Å²) < 4.78 is 5.86. The van der Waals surface area contributed by atoms with Crippen LogP contribution >= 0.6 is 0 Å². The van der Waals surface area contributed by atoms with Gasteiger partial charge in [-0.1, -0.05) is 6.42 Å². The number of rotatable bonds is 10. The Balaban J connectivity index is 1.81. The number of nitrogens with zero attached hydrogens (tertiary/aromatic N) is 4. The number of phenols is 6. The topological polar surface area (TPSA) is 241 Å². The Hall–Kier alpha value is -5.64. The summed E-state index contributed by atoms with van der Waals surface area (Å²) in [6.45, 7) is 2.84. The van der Waals surface area contributed by atoms with Crippen LogP contribution in [0.5, 0.6) is 34.5 Å². The van der Waals surface area contributed by atoms with Gasteiger partial charge in [0.1, 0.15) is 37.0 Å². The maximum absolute atomic E-state index is 11.3. The molecule has 2 aliphatic rings. The van der Waals surface area contributed by atoms with E-state index in [2.05, 4.69) is 9.64 Å². The largest absolute Gasteiger partial charge is 0.506 e. The molecule has 1 fully saturated rings. The van der Waals surface area contributed by atoms with Gasteiger partial charge < -0.3 is 65.6 Å². The number of carbonyl (C=O) groups excluding carboxylic acids is 1. The Morgan fingerprint density at radius 3 is 1.74 bits per heavy atom. The van der Waals surface area contributed by atoms with Crippen molar-refractivity contribution < 1.29 is 65.2 Å². The zero-order valence-electron chi connectivity index (χ0n) is 28.6. The van der Waals surface area contributed by atoms with Gasteiger partial charge in [-0.2, -0.15) is 0 Å². The number of aliphatic hydroxyl groups is 4. The molecule has 1 saturated heterocycles. The summed E-state index contributed by atoms with van der Waals surface area (Å²) >= 11 is 0. The van der Waals surface area contributed by atoms with Crippen molar-refractivity contribution in [3.05, 3.63) is 51.9 Å².